The molecule has 0 saturated carbocycles. The van der Waals surface area contributed by atoms with Crippen LogP contribution < -0.4 is 25.1 Å². The minimum atomic E-state index is -4.01. The average molecular weight is 418 g/mol. The van der Waals surface area contributed by atoms with Crippen molar-refractivity contribution in [2.75, 3.05) is 24.3 Å². The maximum Gasteiger partial charge on any atom is 0.360 e. The van der Waals surface area contributed by atoms with E-state index in [9.17, 15) is 18.0 Å². The quantitative estimate of drug-likeness (QED) is 0.590. The second-order valence-corrected chi connectivity index (χ2v) is 7.65. The fourth-order valence-corrected chi connectivity index (χ4v) is 3.90. The summed E-state index contributed by atoms with van der Waals surface area (Å²) in [6, 6.07) is 10.2. The molecule has 0 unspecified atom stereocenters. The summed E-state index contributed by atoms with van der Waals surface area (Å²) in [6.07, 6.45) is 0. The molecule has 9 nitrogen and oxygen atoms in total. The van der Waals surface area contributed by atoms with Crippen molar-refractivity contribution in [3.8, 4) is 11.5 Å². The Morgan fingerprint density at radius 2 is 1.79 bits per heavy atom. The highest BCUT2D eigenvalue weighted by molar-refractivity contribution is 7.92. The molecule has 3 rings (SSSR count). The third kappa shape index (κ3) is 4.32. The van der Waals surface area contributed by atoms with E-state index in [1.807, 2.05) is 0 Å². The summed E-state index contributed by atoms with van der Waals surface area (Å²) in [7, 11) is -1.22. The molecule has 0 bridgehead atoms. The van der Waals surface area contributed by atoms with E-state index in [-0.39, 0.29) is 27.6 Å². The predicted octanol–water partition coefficient (Wildman–Crippen LogP) is 2.57. The van der Waals surface area contributed by atoms with E-state index in [2.05, 4.69) is 10.0 Å². The lowest BCUT2D eigenvalue weighted by Crippen LogP contribution is -2.15. The summed E-state index contributed by atoms with van der Waals surface area (Å²) >= 11 is 0. The van der Waals surface area contributed by atoms with Crippen LogP contribution in [0.15, 0.2) is 56.6 Å². The Kier molecular flexibility index (Phi) is 5.46. The summed E-state index contributed by atoms with van der Waals surface area (Å²) in [4.78, 5) is 23.0. The number of carbonyl (C=O) groups excluding carboxylic acids is 1. The Morgan fingerprint density at radius 3 is 2.45 bits per heavy atom. The monoisotopic (exact) mass is 418 g/mol. The minimum absolute atomic E-state index is 0.0422. The molecule has 1 aromatic heterocycles. The molecule has 1 heterocycles. The van der Waals surface area contributed by atoms with Crippen molar-refractivity contribution in [1.29, 1.82) is 0 Å². The van der Waals surface area contributed by atoms with Crippen LogP contribution in [0.2, 0.25) is 0 Å². The number of anilines is 2. The molecule has 152 valence electrons. The molecule has 0 aliphatic carbocycles. The highest BCUT2D eigenvalue weighted by atomic mass is 32.2. The predicted molar refractivity (Wildman–Crippen MR) is 107 cm³/mol. The number of sulfonamides is 1. The highest BCUT2D eigenvalue weighted by Crippen LogP contribution is 2.30. The van der Waals surface area contributed by atoms with E-state index in [0.29, 0.717) is 11.1 Å². The van der Waals surface area contributed by atoms with Gasteiger partial charge < -0.3 is 19.2 Å². The number of fused-ring (bicyclic) bond motifs is 1. The van der Waals surface area contributed by atoms with Gasteiger partial charge in [-0.1, -0.05) is 0 Å². The number of methoxy groups -OCH3 is 2. The smallest absolute Gasteiger partial charge is 0.360 e. The van der Waals surface area contributed by atoms with E-state index in [1.165, 1.54) is 57.5 Å². The normalized spacial score (nSPS) is 11.1. The Morgan fingerprint density at radius 1 is 1.03 bits per heavy atom. The number of rotatable bonds is 6. The number of ether oxygens (including phenoxy) is 2. The van der Waals surface area contributed by atoms with E-state index >= 15 is 0 Å². The van der Waals surface area contributed by atoms with Crippen LogP contribution in [0.5, 0.6) is 11.5 Å². The highest BCUT2D eigenvalue weighted by Gasteiger charge is 2.21. The summed E-state index contributed by atoms with van der Waals surface area (Å²) in [5.41, 5.74) is -0.280. The molecule has 0 fully saturated rings. The van der Waals surface area contributed by atoms with Crippen molar-refractivity contribution in [2.45, 2.75) is 11.8 Å². The lowest BCUT2D eigenvalue weighted by molar-refractivity contribution is -0.114. The van der Waals surface area contributed by atoms with Crippen molar-refractivity contribution < 1.29 is 27.1 Å². The molecule has 0 saturated heterocycles. The maximum absolute atomic E-state index is 12.9. The SMILES string of the molecule is COc1ccc(OC)c(S(=O)(=O)Nc2ccc3oc(=O)c(NC(C)=O)cc3c2)c1. The van der Waals surface area contributed by atoms with E-state index in [4.69, 9.17) is 13.9 Å². The van der Waals surface area contributed by atoms with E-state index in [0.717, 1.165) is 0 Å². The molecular formula is C19H18N2O7S. The topological polar surface area (TPSA) is 124 Å². The zero-order valence-corrected chi connectivity index (χ0v) is 16.6. The van der Waals surface area contributed by atoms with E-state index in [1.54, 1.807) is 6.07 Å². The summed E-state index contributed by atoms with van der Waals surface area (Å²) in [5.74, 6) is 0.0723. The van der Waals surface area contributed by atoms with Gasteiger partial charge in [0.2, 0.25) is 5.91 Å². The van der Waals surface area contributed by atoms with Crippen molar-refractivity contribution in [3.63, 3.8) is 0 Å². The van der Waals surface area contributed by atoms with Crippen LogP contribution in [-0.2, 0) is 14.8 Å². The molecular weight excluding hydrogens is 400 g/mol. The standard InChI is InChI=1S/C19H18N2O7S/c1-11(22)20-15-9-12-8-13(4-6-16(12)28-19(15)23)21-29(24,25)18-10-14(26-2)5-7-17(18)27-3/h4-10,21H,1-3H3,(H,20,22). The Bertz CT molecular complexity index is 1250. The molecule has 0 radical (unpaired) electrons. The molecule has 2 aromatic carbocycles. The first-order valence-electron chi connectivity index (χ1n) is 8.34. The first-order valence-corrected chi connectivity index (χ1v) is 9.82. The minimum Gasteiger partial charge on any atom is -0.497 e. The third-order valence-electron chi connectivity index (χ3n) is 3.96. The molecule has 0 aliphatic heterocycles. The van der Waals surface area contributed by atoms with Crippen molar-refractivity contribution in [2.24, 2.45) is 0 Å². The first-order chi connectivity index (χ1) is 13.7. The Balaban J connectivity index is 2.02. The zero-order chi connectivity index (χ0) is 21.2. The van der Waals surface area contributed by atoms with Crippen LogP contribution >= 0.6 is 0 Å². The van der Waals surface area contributed by atoms with Crippen LogP contribution in [0.25, 0.3) is 11.0 Å². The molecule has 0 atom stereocenters. The molecule has 1 amide bonds. The van der Waals surface area contributed by atoms with Gasteiger partial charge in [0.15, 0.2) is 0 Å². The van der Waals surface area contributed by atoms with Gasteiger partial charge in [0.05, 0.1) is 14.2 Å². The summed E-state index contributed by atoms with van der Waals surface area (Å²) in [6.45, 7) is 1.26. The molecule has 29 heavy (non-hydrogen) atoms. The largest absolute Gasteiger partial charge is 0.497 e. The van der Waals surface area contributed by atoms with Gasteiger partial charge in [-0.3, -0.25) is 9.52 Å². The lowest BCUT2D eigenvalue weighted by Gasteiger charge is -2.13. The van der Waals surface area contributed by atoms with Crippen LogP contribution in [0.1, 0.15) is 6.92 Å². The van der Waals surface area contributed by atoms with Crippen molar-refractivity contribution >= 4 is 38.3 Å². The summed E-state index contributed by atoms with van der Waals surface area (Å²) in [5, 5.41) is 2.79. The Hall–Kier alpha value is -3.53. The molecule has 10 heteroatoms. The zero-order valence-electron chi connectivity index (χ0n) is 15.8. The van der Waals surface area contributed by atoms with Crippen LogP contribution in [0, 0.1) is 0 Å². The third-order valence-corrected chi connectivity index (χ3v) is 5.36. The van der Waals surface area contributed by atoms with Crippen molar-refractivity contribution in [3.05, 3.63) is 52.9 Å². The molecule has 2 N–H and O–H groups in total. The fraction of sp³-hybridized carbons (Fsp3) is 0.158. The van der Waals surface area contributed by atoms with Gasteiger partial charge in [-0.2, -0.15) is 0 Å². The van der Waals surface area contributed by atoms with Gasteiger partial charge in [0.25, 0.3) is 10.0 Å². The number of nitrogens with one attached hydrogen (secondary N) is 2. The molecule has 0 spiro atoms. The fourth-order valence-electron chi connectivity index (χ4n) is 2.67. The number of amides is 1. The summed E-state index contributed by atoms with van der Waals surface area (Å²) < 4.78 is 43.6. The van der Waals surface area contributed by atoms with Crippen LogP contribution in [0.3, 0.4) is 0 Å². The van der Waals surface area contributed by atoms with Crippen LogP contribution in [-0.4, -0.2) is 28.5 Å². The second kappa shape index (κ2) is 7.84. The number of carbonyl (C=O) groups is 1. The first kappa shape index (κ1) is 20.2. The van der Waals surface area contributed by atoms with Gasteiger partial charge in [-0.15, -0.1) is 0 Å². The van der Waals surface area contributed by atoms with E-state index < -0.39 is 21.6 Å². The van der Waals surface area contributed by atoms with Gasteiger partial charge in [0.1, 0.15) is 27.7 Å². The number of hydrogen-bond acceptors (Lipinski definition) is 7. The molecule has 0 aliphatic rings. The van der Waals surface area contributed by atoms with Crippen molar-refractivity contribution in [1.82, 2.24) is 0 Å². The van der Waals surface area contributed by atoms with Gasteiger partial charge >= 0.3 is 5.63 Å². The maximum atomic E-state index is 12.9. The lowest BCUT2D eigenvalue weighted by atomic mass is 10.2. The van der Waals surface area contributed by atoms with Gasteiger partial charge in [-0.25, -0.2) is 13.2 Å². The van der Waals surface area contributed by atoms with Crippen LogP contribution in [0.4, 0.5) is 11.4 Å². The molecule has 3 aromatic rings. The second-order valence-electron chi connectivity index (χ2n) is 6.00. The number of hydrogen-bond donors (Lipinski definition) is 2. The number of benzene rings is 2. The average Bonchev–Trinajstić information content (AvgIpc) is 2.67. The Labute approximate surface area is 166 Å². The van der Waals surface area contributed by atoms with Gasteiger partial charge in [0, 0.05) is 24.1 Å². The van der Waals surface area contributed by atoms with Gasteiger partial charge in [-0.05, 0) is 36.4 Å².